The van der Waals surface area contributed by atoms with E-state index >= 15 is 0 Å². The summed E-state index contributed by atoms with van der Waals surface area (Å²) in [5.74, 6) is 0. The van der Waals surface area contributed by atoms with E-state index in [2.05, 4.69) is 15.4 Å². The van der Waals surface area contributed by atoms with Crippen molar-refractivity contribution in [3.8, 4) is 0 Å². The fourth-order valence-electron chi connectivity index (χ4n) is 1.37. The van der Waals surface area contributed by atoms with Crippen molar-refractivity contribution >= 4 is 23.2 Å². The van der Waals surface area contributed by atoms with Gasteiger partial charge < -0.3 is 5.11 Å². The molecule has 0 bridgehead atoms. The number of aliphatic hydroxyl groups is 1. The van der Waals surface area contributed by atoms with Crippen molar-refractivity contribution in [2.75, 3.05) is 0 Å². The lowest BCUT2D eigenvalue weighted by Crippen LogP contribution is -2.02. The van der Waals surface area contributed by atoms with Gasteiger partial charge in [-0.2, -0.15) is 15.4 Å². The van der Waals surface area contributed by atoms with Gasteiger partial charge in [0.05, 0.1) is 6.20 Å². The SMILES string of the molecule is OC(Cc1ccc(Cl)cc1Cl)c1cn[nH]n1. The molecule has 0 fully saturated rings. The van der Waals surface area contributed by atoms with Crippen molar-refractivity contribution < 1.29 is 5.11 Å². The molecular weight excluding hydrogens is 249 g/mol. The van der Waals surface area contributed by atoms with Gasteiger partial charge in [0.15, 0.2) is 0 Å². The van der Waals surface area contributed by atoms with E-state index in [9.17, 15) is 5.11 Å². The molecule has 2 rings (SSSR count). The Morgan fingerprint density at radius 3 is 2.81 bits per heavy atom. The first-order chi connectivity index (χ1) is 7.66. The molecule has 1 heterocycles. The molecule has 0 amide bonds. The van der Waals surface area contributed by atoms with Crippen molar-refractivity contribution in [2.24, 2.45) is 0 Å². The highest BCUT2D eigenvalue weighted by Gasteiger charge is 2.13. The van der Waals surface area contributed by atoms with Gasteiger partial charge in [-0.15, -0.1) is 0 Å². The van der Waals surface area contributed by atoms with Crippen LogP contribution in [0.3, 0.4) is 0 Å². The van der Waals surface area contributed by atoms with Crippen molar-refractivity contribution in [1.29, 1.82) is 0 Å². The average Bonchev–Trinajstić information content (AvgIpc) is 2.75. The van der Waals surface area contributed by atoms with Gasteiger partial charge in [0.25, 0.3) is 0 Å². The summed E-state index contributed by atoms with van der Waals surface area (Å²) in [6.07, 6.45) is 1.13. The first kappa shape index (κ1) is 11.4. The highest BCUT2D eigenvalue weighted by molar-refractivity contribution is 6.35. The lowest BCUT2D eigenvalue weighted by Gasteiger charge is -2.08. The first-order valence-corrected chi connectivity index (χ1v) is 5.40. The minimum atomic E-state index is -0.725. The molecule has 0 aliphatic heterocycles. The number of hydrogen-bond acceptors (Lipinski definition) is 3. The zero-order valence-corrected chi connectivity index (χ0v) is 9.70. The van der Waals surface area contributed by atoms with Gasteiger partial charge in [-0.1, -0.05) is 29.3 Å². The maximum Gasteiger partial charge on any atom is 0.111 e. The Labute approximate surface area is 102 Å². The van der Waals surface area contributed by atoms with E-state index in [0.29, 0.717) is 22.2 Å². The largest absolute Gasteiger partial charge is 0.386 e. The van der Waals surface area contributed by atoms with Crippen LogP contribution >= 0.6 is 23.2 Å². The zero-order chi connectivity index (χ0) is 11.5. The maximum absolute atomic E-state index is 9.84. The summed E-state index contributed by atoms with van der Waals surface area (Å²) in [6.45, 7) is 0. The molecule has 84 valence electrons. The molecule has 0 aliphatic rings. The highest BCUT2D eigenvalue weighted by Crippen LogP contribution is 2.25. The number of aromatic amines is 1. The molecule has 1 aromatic carbocycles. The maximum atomic E-state index is 9.84. The lowest BCUT2D eigenvalue weighted by molar-refractivity contribution is 0.173. The second kappa shape index (κ2) is 4.82. The van der Waals surface area contributed by atoms with Crippen LogP contribution in [-0.4, -0.2) is 20.5 Å². The van der Waals surface area contributed by atoms with Crippen LogP contribution < -0.4 is 0 Å². The number of aromatic nitrogens is 3. The van der Waals surface area contributed by atoms with Crippen molar-refractivity contribution in [3.63, 3.8) is 0 Å². The Balaban J connectivity index is 2.15. The molecule has 1 atom stereocenters. The van der Waals surface area contributed by atoms with E-state index in [1.807, 2.05) is 0 Å². The van der Waals surface area contributed by atoms with Crippen LogP contribution in [-0.2, 0) is 6.42 Å². The fourth-order valence-corrected chi connectivity index (χ4v) is 1.86. The van der Waals surface area contributed by atoms with Crippen LogP contribution in [0, 0.1) is 0 Å². The molecule has 4 nitrogen and oxygen atoms in total. The van der Waals surface area contributed by atoms with Gasteiger partial charge in [-0.3, -0.25) is 0 Å². The number of benzene rings is 1. The quantitative estimate of drug-likeness (QED) is 0.888. The van der Waals surface area contributed by atoms with Crippen LogP contribution in [0.1, 0.15) is 17.4 Å². The second-order valence-electron chi connectivity index (χ2n) is 3.35. The Hall–Kier alpha value is -1.10. The van der Waals surface area contributed by atoms with Crippen molar-refractivity contribution in [1.82, 2.24) is 15.4 Å². The van der Waals surface area contributed by atoms with Gasteiger partial charge in [0, 0.05) is 16.5 Å². The van der Waals surface area contributed by atoms with Crippen LogP contribution in [0.5, 0.6) is 0 Å². The minimum absolute atomic E-state index is 0.378. The first-order valence-electron chi connectivity index (χ1n) is 4.64. The summed E-state index contributed by atoms with van der Waals surface area (Å²) in [5, 5.41) is 20.8. The molecule has 2 N–H and O–H groups in total. The minimum Gasteiger partial charge on any atom is -0.386 e. The molecule has 1 aromatic heterocycles. The number of nitrogens with zero attached hydrogens (tertiary/aromatic N) is 2. The van der Waals surface area contributed by atoms with Crippen LogP contribution in [0.2, 0.25) is 10.0 Å². The standard InChI is InChI=1S/C10H9Cl2N3O/c11-7-2-1-6(8(12)4-7)3-10(16)9-5-13-15-14-9/h1-2,4-5,10,16H,3H2,(H,13,14,15). The number of H-pyrrole nitrogens is 1. The van der Waals surface area contributed by atoms with E-state index in [1.165, 1.54) is 6.20 Å². The van der Waals surface area contributed by atoms with Gasteiger partial charge in [-0.05, 0) is 17.7 Å². The summed E-state index contributed by atoms with van der Waals surface area (Å²) in [5.41, 5.74) is 1.31. The molecule has 6 heteroatoms. The molecule has 0 spiro atoms. The summed E-state index contributed by atoms with van der Waals surface area (Å²) < 4.78 is 0. The van der Waals surface area contributed by atoms with Gasteiger partial charge in [0.1, 0.15) is 11.8 Å². The predicted molar refractivity (Wildman–Crippen MR) is 61.5 cm³/mol. The van der Waals surface area contributed by atoms with Crippen molar-refractivity contribution in [3.05, 3.63) is 45.7 Å². The summed E-state index contributed by atoms with van der Waals surface area (Å²) >= 11 is 11.8. The Bertz CT molecular complexity index is 473. The van der Waals surface area contributed by atoms with Crippen LogP contribution in [0.4, 0.5) is 0 Å². The van der Waals surface area contributed by atoms with Crippen molar-refractivity contribution in [2.45, 2.75) is 12.5 Å². The predicted octanol–water partition coefficient (Wildman–Crippen LogP) is 2.39. The summed E-state index contributed by atoms with van der Waals surface area (Å²) in [7, 11) is 0. The van der Waals surface area contributed by atoms with Gasteiger partial charge in [0.2, 0.25) is 0 Å². The lowest BCUT2D eigenvalue weighted by atomic mass is 10.1. The van der Waals surface area contributed by atoms with E-state index in [1.54, 1.807) is 18.2 Å². The smallest absolute Gasteiger partial charge is 0.111 e. The Morgan fingerprint density at radius 2 is 2.19 bits per heavy atom. The number of nitrogens with one attached hydrogen (secondary N) is 1. The van der Waals surface area contributed by atoms with Gasteiger partial charge >= 0.3 is 0 Å². The molecule has 2 aromatic rings. The fraction of sp³-hybridized carbons (Fsp3) is 0.200. The third-order valence-corrected chi connectivity index (χ3v) is 2.79. The summed E-state index contributed by atoms with van der Waals surface area (Å²) in [6, 6.07) is 5.17. The molecule has 1 unspecified atom stereocenters. The van der Waals surface area contributed by atoms with Crippen LogP contribution in [0.25, 0.3) is 0 Å². The number of hydrogen-bond donors (Lipinski definition) is 2. The van der Waals surface area contributed by atoms with Crippen LogP contribution in [0.15, 0.2) is 24.4 Å². The van der Waals surface area contributed by atoms with Gasteiger partial charge in [-0.25, -0.2) is 0 Å². The van der Waals surface area contributed by atoms with E-state index < -0.39 is 6.10 Å². The average molecular weight is 258 g/mol. The molecule has 0 saturated heterocycles. The molecule has 16 heavy (non-hydrogen) atoms. The third kappa shape index (κ3) is 2.52. The molecule has 0 radical (unpaired) electrons. The molecular formula is C10H9Cl2N3O. The normalized spacial score (nSPS) is 12.7. The second-order valence-corrected chi connectivity index (χ2v) is 4.19. The van der Waals surface area contributed by atoms with E-state index in [-0.39, 0.29) is 0 Å². The van der Waals surface area contributed by atoms with E-state index in [4.69, 9.17) is 23.2 Å². The Morgan fingerprint density at radius 1 is 1.38 bits per heavy atom. The number of rotatable bonds is 3. The molecule has 0 saturated carbocycles. The highest BCUT2D eigenvalue weighted by atomic mass is 35.5. The Kier molecular flexibility index (Phi) is 3.43. The topological polar surface area (TPSA) is 61.8 Å². The summed E-state index contributed by atoms with van der Waals surface area (Å²) in [4.78, 5) is 0. The molecule has 0 aliphatic carbocycles. The monoisotopic (exact) mass is 257 g/mol. The number of aliphatic hydroxyl groups excluding tert-OH is 1. The third-order valence-electron chi connectivity index (χ3n) is 2.20. The van der Waals surface area contributed by atoms with E-state index in [0.717, 1.165) is 5.56 Å². The number of halogens is 2. The zero-order valence-electron chi connectivity index (χ0n) is 8.19.